The summed E-state index contributed by atoms with van der Waals surface area (Å²) in [5.41, 5.74) is 1.62. The Morgan fingerprint density at radius 3 is 2.56 bits per heavy atom. The van der Waals surface area contributed by atoms with Gasteiger partial charge in [-0.15, -0.1) is 0 Å². The summed E-state index contributed by atoms with van der Waals surface area (Å²) in [5, 5.41) is 0. The maximum atomic E-state index is 13.1. The van der Waals surface area contributed by atoms with Crippen LogP contribution in [0.2, 0.25) is 0 Å². The molecule has 0 N–H and O–H groups in total. The van der Waals surface area contributed by atoms with Gasteiger partial charge < -0.3 is 9.64 Å². The summed E-state index contributed by atoms with van der Waals surface area (Å²) >= 11 is 0. The molecule has 0 atom stereocenters. The van der Waals surface area contributed by atoms with Gasteiger partial charge in [-0.05, 0) is 76.5 Å². The van der Waals surface area contributed by atoms with E-state index >= 15 is 0 Å². The number of rotatable bonds is 7. The molecule has 1 saturated heterocycles. The highest BCUT2D eigenvalue weighted by Gasteiger charge is 2.09. The molecule has 0 bridgehead atoms. The van der Waals surface area contributed by atoms with Crippen LogP contribution in [0.1, 0.15) is 37.9 Å². The van der Waals surface area contributed by atoms with Crippen molar-refractivity contribution in [2.75, 3.05) is 26.2 Å². The Morgan fingerprint density at radius 1 is 1.04 bits per heavy atom. The first-order valence-electron chi connectivity index (χ1n) is 9.17. The third-order valence-corrected chi connectivity index (χ3v) is 4.52. The number of nitrogens with zero attached hydrogens (tertiary/aromatic N) is 3. The molecule has 0 amide bonds. The van der Waals surface area contributed by atoms with Crippen LogP contribution in [0.5, 0.6) is 5.88 Å². The molecule has 0 aliphatic carbocycles. The van der Waals surface area contributed by atoms with Gasteiger partial charge in [-0.25, -0.2) is 9.37 Å². The number of benzene rings is 1. The molecule has 5 heteroatoms. The topological polar surface area (TPSA) is 38.2 Å². The number of halogens is 1. The van der Waals surface area contributed by atoms with Crippen LogP contribution >= 0.6 is 0 Å². The SMILES string of the molecule is Cc1nc(OCCCCN2CCCCC2)cc(-c2ccc(F)cc2)n1. The van der Waals surface area contributed by atoms with E-state index in [0.29, 0.717) is 18.3 Å². The van der Waals surface area contributed by atoms with Gasteiger partial charge in [0.2, 0.25) is 5.88 Å². The van der Waals surface area contributed by atoms with Crippen molar-refractivity contribution in [1.29, 1.82) is 0 Å². The molecule has 25 heavy (non-hydrogen) atoms. The van der Waals surface area contributed by atoms with Crippen molar-refractivity contribution in [3.05, 3.63) is 42.0 Å². The number of ether oxygens (including phenoxy) is 1. The van der Waals surface area contributed by atoms with E-state index < -0.39 is 0 Å². The second kappa shape index (κ2) is 8.90. The summed E-state index contributed by atoms with van der Waals surface area (Å²) in [6, 6.07) is 8.14. The van der Waals surface area contributed by atoms with Crippen LogP contribution in [0, 0.1) is 12.7 Å². The number of aromatic nitrogens is 2. The van der Waals surface area contributed by atoms with Crippen molar-refractivity contribution in [2.45, 2.75) is 39.0 Å². The highest BCUT2D eigenvalue weighted by atomic mass is 19.1. The van der Waals surface area contributed by atoms with Gasteiger partial charge in [0.15, 0.2) is 0 Å². The molecular formula is C20H26FN3O. The van der Waals surface area contributed by atoms with Gasteiger partial charge in [0, 0.05) is 11.6 Å². The monoisotopic (exact) mass is 343 g/mol. The summed E-state index contributed by atoms with van der Waals surface area (Å²) in [6.45, 7) is 6.15. The predicted molar refractivity (Wildman–Crippen MR) is 97.2 cm³/mol. The van der Waals surface area contributed by atoms with E-state index in [-0.39, 0.29) is 5.82 Å². The van der Waals surface area contributed by atoms with Gasteiger partial charge >= 0.3 is 0 Å². The molecule has 0 spiro atoms. The molecule has 1 aliphatic heterocycles. The zero-order valence-electron chi connectivity index (χ0n) is 14.9. The summed E-state index contributed by atoms with van der Waals surface area (Å²) in [7, 11) is 0. The third kappa shape index (κ3) is 5.49. The molecule has 1 aliphatic rings. The predicted octanol–water partition coefficient (Wildman–Crippen LogP) is 4.24. The standard InChI is InChI=1S/C20H26FN3O/c1-16-22-19(17-7-9-18(21)10-8-17)15-20(23-16)25-14-6-5-13-24-11-3-2-4-12-24/h7-10,15H,2-6,11-14H2,1H3. The lowest BCUT2D eigenvalue weighted by Gasteiger charge is -2.26. The van der Waals surface area contributed by atoms with Gasteiger partial charge in [0.05, 0.1) is 12.3 Å². The van der Waals surface area contributed by atoms with Gasteiger partial charge in [-0.1, -0.05) is 6.42 Å². The van der Waals surface area contributed by atoms with E-state index in [1.807, 2.05) is 13.0 Å². The van der Waals surface area contributed by atoms with Gasteiger partial charge in [0.25, 0.3) is 0 Å². The van der Waals surface area contributed by atoms with E-state index in [2.05, 4.69) is 14.9 Å². The fraction of sp³-hybridized carbons (Fsp3) is 0.500. The Hall–Kier alpha value is -2.01. The molecule has 4 nitrogen and oxygen atoms in total. The number of likely N-dealkylation sites (tertiary alicyclic amines) is 1. The molecule has 1 aromatic carbocycles. The van der Waals surface area contributed by atoms with E-state index in [1.54, 1.807) is 12.1 Å². The Labute approximate surface area is 149 Å². The van der Waals surface area contributed by atoms with E-state index in [1.165, 1.54) is 44.5 Å². The van der Waals surface area contributed by atoms with Crippen LogP contribution in [-0.4, -0.2) is 41.1 Å². The van der Waals surface area contributed by atoms with Crippen LogP contribution in [0.15, 0.2) is 30.3 Å². The fourth-order valence-corrected chi connectivity index (χ4v) is 3.18. The normalized spacial score (nSPS) is 15.3. The highest BCUT2D eigenvalue weighted by molar-refractivity contribution is 5.59. The van der Waals surface area contributed by atoms with Crippen molar-refractivity contribution in [2.24, 2.45) is 0 Å². The Balaban J connectivity index is 1.49. The summed E-state index contributed by atoms with van der Waals surface area (Å²) in [5.74, 6) is 0.995. The minimum Gasteiger partial charge on any atom is -0.478 e. The van der Waals surface area contributed by atoms with Crippen molar-refractivity contribution >= 4 is 0 Å². The van der Waals surface area contributed by atoms with Crippen LogP contribution in [-0.2, 0) is 0 Å². The smallest absolute Gasteiger partial charge is 0.217 e. The minimum atomic E-state index is -0.250. The van der Waals surface area contributed by atoms with Crippen LogP contribution in [0.4, 0.5) is 4.39 Å². The van der Waals surface area contributed by atoms with E-state index in [0.717, 1.165) is 30.6 Å². The first-order valence-corrected chi connectivity index (χ1v) is 9.17. The maximum absolute atomic E-state index is 13.1. The zero-order chi connectivity index (χ0) is 17.5. The molecule has 2 heterocycles. The average molecular weight is 343 g/mol. The number of unbranched alkanes of at least 4 members (excludes halogenated alkanes) is 1. The lowest BCUT2D eigenvalue weighted by atomic mass is 10.1. The summed E-state index contributed by atoms with van der Waals surface area (Å²) < 4.78 is 18.9. The first kappa shape index (κ1) is 17.8. The second-order valence-electron chi connectivity index (χ2n) is 6.60. The quantitative estimate of drug-likeness (QED) is 0.705. The number of aryl methyl sites for hydroxylation is 1. The molecule has 3 rings (SSSR count). The van der Waals surface area contributed by atoms with Crippen LogP contribution in [0.25, 0.3) is 11.3 Å². The number of piperidine rings is 1. The largest absolute Gasteiger partial charge is 0.478 e. The lowest BCUT2D eigenvalue weighted by Crippen LogP contribution is -2.30. The highest BCUT2D eigenvalue weighted by Crippen LogP contribution is 2.21. The van der Waals surface area contributed by atoms with E-state index in [4.69, 9.17) is 4.74 Å². The molecule has 1 fully saturated rings. The maximum Gasteiger partial charge on any atom is 0.217 e. The van der Waals surface area contributed by atoms with Crippen LogP contribution in [0.3, 0.4) is 0 Å². The third-order valence-electron chi connectivity index (χ3n) is 4.52. The van der Waals surface area contributed by atoms with Gasteiger partial charge in [-0.2, -0.15) is 4.98 Å². The zero-order valence-corrected chi connectivity index (χ0v) is 14.9. The summed E-state index contributed by atoms with van der Waals surface area (Å²) in [6.07, 6.45) is 6.22. The molecular weight excluding hydrogens is 317 g/mol. The number of hydrogen-bond donors (Lipinski definition) is 0. The van der Waals surface area contributed by atoms with Crippen molar-refractivity contribution in [1.82, 2.24) is 14.9 Å². The Bertz CT molecular complexity index is 669. The minimum absolute atomic E-state index is 0.250. The molecule has 0 unspecified atom stereocenters. The summed E-state index contributed by atoms with van der Waals surface area (Å²) in [4.78, 5) is 11.3. The fourth-order valence-electron chi connectivity index (χ4n) is 3.18. The molecule has 134 valence electrons. The average Bonchev–Trinajstić information content (AvgIpc) is 2.62. The Kier molecular flexibility index (Phi) is 6.34. The van der Waals surface area contributed by atoms with Gasteiger partial charge in [-0.3, -0.25) is 0 Å². The van der Waals surface area contributed by atoms with Crippen molar-refractivity contribution in [3.63, 3.8) is 0 Å². The van der Waals surface area contributed by atoms with Gasteiger partial charge in [0.1, 0.15) is 11.6 Å². The lowest BCUT2D eigenvalue weighted by molar-refractivity contribution is 0.215. The molecule has 2 aromatic rings. The first-order chi connectivity index (χ1) is 12.2. The molecule has 0 radical (unpaired) electrons. The second-order valence-corrected chi connectivity index (χ2v) is 6.60. The van der Waals surface area contributed by atoms with Crippen LogP contribution < -0.4 is 4.74 Å². The van der Waals surface area contributed by atoms with Crippen molar-refractivity contribution in [3.8, 4) is 17.1 Å². The molecule has 1 aromatic heterocycles. The van der Waals surface area contributed by atoms with Crippen molar-refractivity contribution < 1.29 is 9.13 Å². The van der Waals surface area contributed by atoms with E-state index in [9.17, 15) is 4.39 Å². The molecule has 0 saturated carbocycles. The number of hydrogen-bond acceptors (Lipinski definition) is 4. The Morgan fingerprint density at radius 2 is 1.80 bits per heavy atom.